The summed E-state index contributed by atoms with van der Waals surface area (Å²) in [4.78, 5) is 14.2. The molecule has 1 fully saturated rings. The minimum atomic E-state index is -2.90. The average Bonchev–Trinajstić information content (AvgIpc) is 2.75. The van der Waals surface area contributed by atoms with E-state index in [2.05, 4.69) is 10.3 Å². The number of rotatable bonds is 3. The highest BCUT2D eigenvalue weighted by atomic mass is 32.2. The largest absolute Gasteiger partial charge is 0.298 e. The van der Waals surface area contributed by atoms with Crippen molar-refractivity contribution in [2.75, 3.05) is 24.6 Å². The van der Waals surface area contributed by atoms with E-state index in [1.54, 1.807) is 0 Å². The number of nitrogen functional groups attached to an aromatic ring is 1. The first kappa shape index (κ1) is 14.4. The van der Waals surface area contributed by atoms with Crippen molar-refractivity contribution in [2.24, 2.45) is 5.84 Å². The molecular weight excluding hydrogens is 286 g/mol. The summed E-state index contributed by atoms with van der Waals surface area (Å²) < 4.78 is 23.1. The first-order valence-corrected chi connectivity index (χ1v) is 8.72. The van der Waals surface area contributed by atoms with Crippen molar-refractivity contribution in [3.05, 3.63) is 21.9 Å². The van der Waals surface area contributed by atoms with E-state index in [0.717, 1.165) is 12.1 Å². The molecular formula is C11H17N3O3S2. The topological polar surface area (TPSA) is 92.5 Å². The molecule has 0 spiro atoms. The number of carbonyl (C=O) groups excluding carboxylic acids is 1. The highest BCUT2D eigenvalue weighted by Gasteiger charge is 2.21. The first-order valence-electron chi connectivity index (χ1n) is 6.02. The summed E-state index contributed by atoms with van der Waals surface area (Å²) in [5.74, 6) is 5.28. The fourth-order valence-corrected chi connectivity index (χ4v) is 4.24. The lowest BCUT2D eigenvalue weighted by Crippen LogP contribution is -2.31. The zero-order valence-electron chi connectivity index (χ0n) is 10.5. The van der Waals surface area contributed by atoms with Crippen LogP contribution in [0.15, 0.2) is 11.4 Å². The summed E-state index contributed by atoms with van der Waals surface area (Å²) in [7, 11) is -2.90. The summed E-state index contributed by atoms with van der Waals surface area (Å²) in [6.45, 7) is 1.84. The summed E-state index contributed by atoms with van der Waals surface area (Å²) in [6, 6.07) is 1.88. The molecule has 19 heavy (non-hydrogen) atoms. The summed E-state index contributed by atoms with van der Waals surface area (Å²) in [5.41, 5.74) is 3.02. The lowest BCUT2D eigenvalue weighted by atomic mass is 10.2. The van der Waals surface area contributed by atoms with Crippen LogP contribution >= 0.6 is 11.3 Å². The maximum absolute atomic E-state index is 11.6. The number of thiophene rings is 1. The maximum Gasteiger partial charge on any atom is 0.275 e. The number of hydrogen-bond acceptors (Lipinski definition) is 6. The van der Waals surface area contributed by atoms with E-state index in [0.29, 0.717) is 24.4 Å². The van der Waals surface area contributed by atoms with Gasteiger partial charge in [-0.3, -0.25) is 15.1 Å². The van der Waals surface area contributed by atoms with Crippen LogP contribution in [0.5, 0.6) is 0 Å². The molecule has 1 aromatic rings. The number of nitrogens with zero attached hydrogens (tertiary/aromatic N) is 1. The minimum Gasteiger partial charge on any atom is -0.298 e. The van der Waals surface area contributed by atoms with Gasteiger partial charge in [0, 0.05) is 13.1 Å². The van der Waals surface area contributed by atoms with Crippen molar-refractivity contribution in [3.63, 3.8) is 0 Å². The molecule has 0 aromatic carbocycles. The standard InChI is InChI=1S/C11H17N3O3S2/c12-13-11(15)10-9(2-5-18-10)8-14-3-1-6-19(16,17)7-4-14/h2,5H,1,3-4,6-8,12H2,(H,13,15). The van der Waals surface area contributed by atoms with Crippen molar-refractivity contribution in [2.45, 2.75) is 13.0 Å². The predicted molar refractivity (Wildman–Crippen MR) is 74.5 cm³/mol. The number of nitrogens with one attached hydrogen (secondary N) is 1. The predicted octanol–water partition coefficient (Wildman–Crippen LogP) is -0.0279. The third-order valence-corrected chi connectivity index (χ3v) is 5.80. The Morgan fingerprint density at radius 1 is 1.42 bits per heavy atom. The van der Waals surface area contributed by atoms with Crippen LogP contribution in [0.1, 0.15) is 21.7 Å². The number of hydrogen-bond donors (Lipinski definition) is 2. The molecule has 0 bridgehead atoms. The van der Waals surface area contributed by atoms with E-state index in [4.69, 9.17) is 5.84 Å². The van der Waals surface area contributed by atoms with E-state index < -0.39 is 9.84 Å². The molecule has 0 saturated carbocycles. The van der Waals surface area contributed by atoms with E-state index in [1.165, 1.54) is 11.3 Å². The number of hydrazine groups is 1. The summed E-state index contributed by atoms with van der Waals surface area (Å²) in [5, 5.41) is 1.84. The first-order chi connectivity index (χ1) is 9.02. The monoisotopic (exact) mass is 303 g/mol. The van der Waals surface area contributed by atoms with Gasteiger partial charge in [-0.2, -0.15) is 0 Å². The summed E-state index contributed by atoms with van der Waals surface area (Å²) in [6.07, 6.45) is 0.644. The van der Waals surface area contributed by atoms with Gasteiger partial charge in [-0.15, -0.1) is 11.3 Å². The SMILES string of the molecule is NNC(=O)c1sccc1CN1CCCS(=O)(=O)CC1. The molecule has 6 nitrogen and oxygen atoms in total. The van der Waals surface area contributed by atoms with Crippen molar-refractivity contribution >= 4 is 27.1 Å². The number of nitrogens with two attached hydrogens (primary N) is 1. The summed E-state index contributed by atoms with van der Waals surface area (Å²) >= 11 is 1.34. The lowest BCUT2D eigenvalue weighted by Gasteiger charge is -2.19. The van der Waals surface area contributed by atoms with Crippen molar-refractivity contribution in [1.29, 1.82) is 0 Å². The van der Waals surface area contributed by atoms with Gasteiger partial charge >= 0.3 is 0 Å². The Bertz CT molecular complexity index is 553. The quantitative estimate of drug-likeness (QED) is 0.465. The van der Waals surface area contributed by atoms with Gasteiger partial charge in [-0.05, 0) is 30.0 Å². The molecule has 1 saturated heterocycles. The van der Waals surface area contributed by atoms with Crippen LogP contribution in [0, 0.1) is 0 Å². The van der Waals surface area contributed by atoms with E-state index in [9.17, 15) is 13.2 Å². The van der Waals surface area contributed by atoms with Crippen LogP contribution in [0.25, 0.3) is 0 Å². The van der Waals surface area contributed by atoms with Gasteiger partial charge in [0.1, 0.15) is 0 Å². The zero-order valence-corrected chi connectivity index (χ0v) is 12.1. The molecule has 0 atom stereocenters. The molecule has 0 aliphatic carbocycles. The van der Waals surface area contributed by atoms with Gasteiger partial charge in [0.2, 0.25) is 0 Å². The van der Waals surface area contributed by atoms with E-state index in [1.807, 2.05) is 11.4 Å². The van der Waals surface area contributed by atoms with Crippen molar-refractivity contribution in [1.82, 2.24) is 10.3 Å². The van der Waals surface area contributed by atoms with Crippen molar-refractivity contribution < 1.29 is 13.2 Å². The molecule has 2 rings (SSSR count). The fraction of sp³-hybridized carbons (Fsp3) is 0.545. The molecule has 3 N–H and O–H groups in total. The van der Waals surface area contributed by atoms with Crippen LogP contribution in [0.3, 0.4) is 0 Å². The third kappa shape index (κ3) is 3.75. The number of amides is 1. The Morgan fingerprint density at radius 2 is 2.21 bits per heavy atom. The second-order valence-electron chi connectivity index (χ2n) is 4.53. The van der Waals surface area contributed by atoms with Gasteiger partial charge in [0.05, 0.1) is 16.4 Å². The molecule has 1 aliphatic heterocycles. The molecule has 1 aliphatic rings. The third-order valence-electron chi connectivity index (χ3n) is 3.13. The van der Waals surface area contributed by atoms with E-state index in [-0.39, 0.29) is 17.4 Å². The second-order valence-corrected chi connectivity index (χ2v) is 7.75. The molecule has 0 unspecified atom stereocenters. The number of carbonyl (C=O) groups is 1. The van der Waals surface area contributed by atoms with E-state index >= 15 is 0 Å². The molecule has 1 amide bonds. The van der Waals surface area contributed by atoms with Crippen LogP contribution in [0.4, 0.5) is 0 Å². The smallest absolute Gasteiger partial charge is 0.275 e. The van der Waals surface area contributed by atoms with Crippen LogP contribution in [-0.2, 0) is 16.4 Å². The Balaban J connectivity index is 2.05. The number of sulfone groups is 1. The van der Waals surface area contributed by atoms with Gasteiger partial charge in [-0.25, -0.2) is 14.3 Å². The van der Waals surface area contributed by atoms with Gasteiger partial charge in [-0.1, -0.05) is 0 Å². The molecule has 1 aromatic heterocycles. The van der Waals surface area contributed by atoms with Gasteiger partial charge in [0.25, 0.3) is 5.91 Å². The molecule has 2 heterocycles. The second kappa shape index (κ2) is 6.00. The highest BCUT2D eigenvalue weighted by molar-refractivity contribution is 7.91. The Labute approximate surface area is 116 Å². The molecule has 8 heteroatoms. The van der Waals surface area contributed by atoms with Crippen LogP contribution in [-0.4, -0.2) is 43.8 Å². The van der Waals surface area contributed by atoms with Gasteiger partial charge in [0.15, 0.2) is 9.84 Å². The normalized spacial score (nSPS) is 19.8. The Hall–Kier alpha value is -0.960. The van der Waals surface area contributed by atoms with Crippen LogP contribution < -0.4 is 11.3 Å². The van der Waals surface area contributed by atoms with Crippen molar-refractivity contribution in [3.8, 4) is 0 Å². The van der Waals surface area contributed by atoms with Crippen LogP contribution in [0.2, 0.25) is 0 Å². The lowest BCUT2D eigenvalue weighted by molar-refractivity contribution is 0.0956. The molecule has 0 radical (unpaired) electrons. The van der Waals surface area contributed by atoms with Gasteiger partial charge < -0.3 is 0 Å². The fourth-order valence-electron chi connectivity index (χ4n) is 2.11. The maximum atomic E-state index is 11.6. The molecule has 106 valence electrons. The minimum absolute atomic E-state index is 0.190. The Morgan fingerprint density at radius 3 is 2.95 bits per heavy atom. The highest BCUT2D eigenvalue weighted by Crippen LogP contribution is 2.19. The average molecular weight is 303 g/mol. The zero-order chi connectivity index (χ0) is 13.9. The Kier molecular flexibility index (Phi) is 4.56.